The Morgan fingerprint density at radius 3 is 2.76 bits per heavy atom. The molecule has 3 nitrogen and oxygen atoms in total. The van der Waals surface area contributed by atoms with Crippen molar-refractivity contribution in [3.05, 3.63) is 46.2 Å². The Kier molecular flexibility index (Phi) is 6.08. The van der Waals surface area contributed by atoms with Crippen molar-refractivity contribution in [1.82, 2.24) is 0 Å². The second-order valence-corrected chi connectivity index (χ2v) is 6.03. The predicted molar refractivity (Wildman–Crippen MR) is 88.5 cm³/mol. The molecule has 1 aromatic carbocycles. The zero-order chi connectivity index (χ0) is 15.1. The van der Waals surface area contributed by atoms with Gasteiger partial charge in [-0.1, -0.05) is 25.1 Å². The molecular formula is C17H23NO2S. The molecule has 0 fully saturated rings. The largest absolute Gasteiger partial charge is 0.493 e. The highest BCUT2D eigenvalue weighted by atomic mass is 32.1. The van der Waals surface area contributed by atoms with Crippen molar-refractivity contribution in [2.24, 2.45) is 5.73 Å². The number of hydrogen-bond acceptors (Lipinski definition) is 4. The summed E-state index contributed by atoms with van der Waals surface area (Å²) in [6.45, 7) is 2.75. The van der Waals surface area contributed by atoms with E-state index in [9.17, 15) is 0 Å². The van der Waals surface area contributed by atoms with Crippen LogP contribution >= 0.6 is 11.3 Å². The van der Waals surface area contributed by atoms with Gasteiger partial charge in [0.15, 0.2) is 11.5 Å². The molecule has 0 aliphatic rings. The van der Waals surface area contributed by atoms with E-state index in [1.807, 2.05) is 12.1 Å². The van der Waals surface area contributed by atoms with Crippen LogP contribution in [0.5, 0.6) is 11.5 Å². The lowest BCUT2D eigenvalue weighted by Gasteiger charge is -2.17. The van der Waals surface area contributed by atoms with Crippen LogP contribution in [0.2, 0.25) is 0 Å². The lowest BCUT2D eigenvalue weighted by atomic mass is 10.0. The summed E-state index contributed by atoms with van der Waals surface area (Å²) >= 11 is 1.76. The van der Waals surface area contributed by atoms with E-state index in [2.05, 4.69) is 30.5 Å². The van der Waals surface area contributed by atoms with Crippen molar-refractivity contribution in [2.45, 2.75) is 32.2 Å². The molecule has 2 rings (SSSR count). The molecule has 0 amide bonds. The lowest BCUT2D eigenvalue weighted by Crippen LogP contribution is -2.22. The van der Waals surface area contributed by atoms with E-state index >= 15 is 0 Å². The van der Waals surface area contributed by atoms with E-state index in [1.165, 1.54) is 4.88 Å². The Balaban J connectivity index is 2.07. The van der Waals surface area contributed by atoms with Crippen LogP contribution in [-0.2, 0) is 12.8 Å². The van der Waals surface area contributed by atoms with Gasteiger partial charge in [0.2, 0.25) is 0 Å². The predicted octanol–water partition coefficient (Wildman–Crippen LogP) is 3.66. The molecule has 0 spiro atoms. The molecule has 2 aromatic rings. The second kappa shape index (κ2) is 8.05. The van der Waals surface area contributed by atoms with Gasteiger partial charge in [-0.3, -0.25) is 0 Å². The van der Waals surface area contributed by atoms with E-state index in [0.29, 0.717) is 6.61 Å². The van der Waals surface area contributed by atoms with Crippen molar-refractivity contribution in [1.29, 1.82) is 0 Å². The average Bonchev–Trinajstić information content (AvgIpc) is 3.01. The molecule has 0 saturated carbocycles. The molecule has 0 aliphatic carbocycles. The van der Waals surface area contributed by atoms with E-state index in [1.54, 1.807) is 18.4 Å². The fraction of sp³-hybridized carbons (Fsp3) is 0.412. The monoisotopic (exact) mass is 305 g/mol. The zero-order valence-corrected chi connectivity index (χ0v) is 13.5. The molecule has 0 aliphatic heterocycles. The minimum Gasteiger partial charge on any atom is -0.493 e. The fourth-order valence-electron chi connectivity index (χ4n) is 2.18. The van der Waals surface area contributed by atoms with Gasteiger partial charge in [0.05, 0.1) is 13.7 Å². The number of nitrogens with two attached hydrogens (primary N) is 1. The molecule has 114 valence electrons. The summed E-state index contributed by atoms with van der Waals surface area (Å²) in [7, 11) is 1.67. The second-order valence-electron chi connectivity index (χ2n) is 5.00. The first-order chi connectivity index (χ1) is 10.2. The average molecular weight is 305 g/mol. The smallest absolute Gasteiger partial charge is 0.164 e. The number of thiophene rings is 1. The van der Waals surface area contributed by atoms with E-state index in [4.69, 9.17) is 15.2 Å². The molecule has 0 bridgehead atoms. The van der Waals surface area contributed by atoms with Crippen LogP contribution in [-0.4, -0.2) is 19.8 Å². The SMILES string of the molecule is CCC(N)Cc1cccc(OC)c1OCCc1cccs1. The first-order valence-corrected chi connectivity index (χ1v) is 8.19. The molecule has 2 N–H and O–H groups in total. The van der Waals surface area contributed by atoms with E-state index < -0.39 is 0 Å². The molecule has 1 aromatic heterocycles. The number of para-hydroxylation sites is 1. The standard InChI is InChI=1S/C17H23NO2S/c1-3-14(18)12-13-6-4-8-16(19-2)17(13)20-10-9-15-7-5-11-21-15/h4-8,11,14H,3,9-10,12,18H2,1-2H3. The maximum Gasteiger partial charge on any atom is 0.164 e. The van der Waals surface area contributed by atoms with Gasteiger partial charge in [-0.2, -0.15) is 0 Å². The van der Waals surface area contributed by atoms with Crippen molar-refractivity contribution in [3.8, 4) is 11.5 Å². The molecule has 0 saturated heterocycles. The minimum absolute atomic E-state index is 0.150. The summed E-state index contributed by atoms with van der Waals surface area (Å²) in [5, 5.41) is 2.09. The number of rotatable bonds is 8. The van der Waals surface area contributed by atoms with Gasteiger partial charge in [0.1, 0.15) is 0 Å². The molecular weight excluding hydrogens is 282 g/mol. The molecule has 1 unspecified atom stereocenters. The Labute approximate surface area is 130 Å². The number of methoxy groups -OCH3 is 1. The number of benzene rings is 1. The summed E-state index contributed by atoms with van der Waals surface area (Å²) in [6, 6.07) is 10.3. The third kappa shape index (κ3) is 4.48. The highest BCUT2D eigenvalue weighted by molar-refractivity contribution is 7.09. The Morgan fingerprint density at radius 2 is 2.10 bits per heavy atom. The molecule has 1 heterocycles. The van der Waals surface area contributed by atoms with Crippen LogP contribution in [0.1, 0.15) is 23.8 Å². The van der Waals surface area contributed by atoms with Crippen molar-refractivity contribution < 1.29 is 9.47 Å². The van der Waals surface area contributed by atoms with Crippen molar-refractivity contribution >= 4 is 11.3 Å². The minimum atomic E-state index is 0.150. The summed E-state index contributed by atoms with van der Waals surface area (Å²) in [5.41, 5.74) is 7.20. The van der Waals surface area contributed by atoms with Crippen LogP contribution < -0.4 is 15.2 Å². The van der Waals surface area contributed by atoms with Gasteiger partial charge < -0.3 is 15.2 Å². The van der Waals surface area contributed by atoms with Gasteiger partial charge in [-0.05, 0) is 35.9 Å². The molecule has 0 radical (unpaired) electrons. The van der Waals surface area contributed by atoms with Crippen LogP contribution in [0.15, 0.2) is 35.7 Å². The summed E-state index contributed by atoms with van der Waals surface area (Å²) in [4.78, 5) is 1.33. The van der Waals surface area contributed by atoms with Gasteiger partial charge in [-0.15, -0.1) is 11.3 Å². The van der Waals surface area contributed by atoms with Gasteiger partial charge >= 0.3 is 0 Å². The maximum atomic E-state index is 6.08. The van der Waals surface area contributed by atoms with Crippen LogP contribution in [0.25, 0.3) is 0 Å². The van der Waals surface area contributed by atoms with E-state index in [0.717, 1.165) is 36.3 Å². The topological polar surface area (TPSA) is 44.5 Å². The quantitative estimate of drug-likeness (QED) is 0.809. The molecule has 1 atom stereocenters. The number of ether oxygens (including phenoxy) is 2. The Morgan fingerprint density at radius 1 is 1.24 bits per heavy atom. The first kappa shape index (κ1) is 15.9. The van der Waals surface area contributed by atoms with Gasteiger partial charge in [0.25, 0.3) is 0 Å². The zero-order valence-electron chi connectivity index (χ0n) is 12.7. The highest BCUT2D eigenvalue weighted by Crippen LogP contribution is 2.32. The number of hydrogen-bond donors (Lipinski definition) is 1. The third-order valence-electron chi connectivity index (χ3n) is 3.46. The molecule has 4 heteroatoms. The fourth-order valence-corrected chi connectivity index (χ4v) is 2.87. The van der Waals surface area contributed by atoms with Crippen molar-refractivity contribution in [3.63, 3.8) is 0 Å². The first-order valence-electron chi connectivity index (χ1n) is 7.31. The van der Waals surface area contributed by atoms with Gasteiger partial charge in [-0.25, -0.2) is 0 Å². The van der Waals surface area contributed by atoms with Crippen molar-refractivity contribution in [2.75, 3.05) is 13.7 Å². The Hall–Kier alpha value is -1.52. The summed E-state index contributed by atoms with van der Waals surface area (Å²) < 4.78 is 11.4. The highest BCUT2D eigenvalue weighted by Gasteiger charge is 2.13. The van der Waals surface area contributed by atoms with Gasteiger partial charge in [0, 0.05) is 17.3 Å². The lowest BCUT2D eigenvalue weighted by molar-refractivity contribution is 0.294. The summed E-state index contributed by atoms with van der Waals surface area (Å²) in [6.07, 6.45) is 2.67. The Bertz CT molecular complexity index is 540. The van der Waals surface area contributed by atoms with Crippen LogP contribution in [0, 0.1) is 0 Å². The maximum absolute atomic E-state index is 6.08. The van der Waals surface area contributed by atoms with Crippen LogP contribution in [0.4, 0.5) is 0 Å². The normalized spacial score (nSPS) is 12.1. The third-order valence-corrected chi connectivity index (χ3v) is 4.40. The van der Waals surface area contributed by atoms with E-state index in [-0.39, 0.29) is 6.04 Å². The summed E-state index contributed by atoms with van der Waals surface area (Å²) in [5.74, 6) is 1.61. The molecule has 21 heavy (non-hydrogen) atoms. The van der Waals surface area contributed by atoms with Crippen LogP contribution in [0.3, 0.4) is 0 Å².